The Hall–Kier alpha value is -1.85. The van der Waals surface area contributed by atoms with Gasteiger partial charge in [0.1, 0.15) is 13.2 Å². The Morgan fingerprint density at radius 2 is 0.493 bits per heavy atom. The minimum absolute atomic E-state index is 0.0666. The van der Waals surface area contributed by atoms with Crippen LogP contribution in [0.15, 0.2) is 12.2 Å². The molecule has 0 aromatic carbocycles. The van der Waals surface area contributed by atoms with Gasteiger partial charge in [0, 0.05) is 19.3 Å². The monoisotopic (exact) mass is 1000 g/mol. The van der Waals surface area contributed by atoms with Crippen LogP contribution in [0, 0.1) is 0 Å². The summed E-state index contributed by atoms with van der Waals surface area (Å²) in [6.45, 7) is 6.64. The second kappa shape index (κ2) is 60.7. The van der Waals surface area contributed by atoms with Crippen molar-refractivity contribution < 1.29 is 28.6 Å². The molecule has 6 nitrogen and oxygen atoms in total. The first-order valence-corrected chi connectivity index (χ1v) is 32.2. The van der Waals surface area contributed by atoms with E-state index < -0.39 is 6.10 Å². The molecule has 0 saturated heterocycles. The van der Waals surface area contributed by atoms with E-state index in [1.54, 1.807) is 0 Å². The fraction of sp³-hybridized carbons (Fsp3) is 0.923. The van der Waals surface area contributed by atoms with E-state index in [0.717, 1.165) is 70.6 Å². The lowest BCUT2D eigenvalue weighted by Crippen LogP contribution is -2.30. The molecular weight excluding hydrogens is 877 g/mol. The largest absolute Gasteiger partial charge is 0.462 e. The van der Waals surface area contributed by atoms with E-state index >= 15 is 0 Å². The van der Waals surface area contributed by atoms with Gasteiger partial charge >= 0.3 is 17.9 Å². The van der Waals surface area contributed by atoms with Gasteiger partial charge in [-0.05, 0) is 38.5 Å². The molecule has 0 heterocycles. The third-order valence-corrected chi connectivity index (χ3v) is 14.8. The van der Waals surface area contributed by atoms with E-state index in [4.69, 9.17) is 14.2 Å². The molecule has 0 fully saturated rings. The van der Waals surface area contributed by atoms with E-state index in [-0.39, 0.29) is 31.1 Å². The molecule has 0 rings (SSSR count). The number of hydrogen-bond acceptors (Lipinski definition) is 6. The van der Waals surface area contributed by atoms with Crippen LogP contribution in [0.4, 0.5) is 0 Å². The highest BCUT2D eigenvalue weighted by Crippen LogP contribution is 2.18. The van der Waals surface area contributed by atoms with Gasteiger partial charge in [0.15, 0.2) is 6.10 Å². The standard InChI is InChI=1S/C65H124O6/c1-4-7-10-13-16-19-22-24-26-27-28-29-30-31-32-33-34-35-36-37-38-39-40-42-43-46-49-52-55-58-64(67)70-61-62(60-69-63(66)57-54-51-48-45-21-18-15-12-9-6-3)71-65(68)59-56-53-50-47-44-41-25-23-20-17-14-11-8-5-2/h12,15,62H,4-11,13-14,16-61H2,1-3H3/b15-12-. The van der Waals surface area contributed by atoms with Crippen LogP contribution in [-0.4, -0.2) is 37.2 Å². The molecule has 0 aliphatic rings. The smallest absolute Gasteiger partial charge is 0.306 e. The zero-order valence-corrected chi connectivity index (χ0v) is 48.3. The highest BCUT2D eigenvalue weighted by atomic mass is 16.6. The van der Waals surface area contributed by atoms with Crippen LogP contribution >= 0.6 is 0 Å². The highest BCUT2D eigenvalue weighted by molar-refractivity contribution is 5.71. The maximum absolute atomic E-state index is 12.8. The third kappa shape index (κ3) is 58.9. The SMILES string of the molecule is CCC/C=C\CCCCCCCC(=O)OCC(COC(=O)CCCCCCCCCCCCCCCCCCCCCCCCCCCCCCC)OC(=O)CCCCCCCCCCCCCCCC. The first-order chi connectivity index (χ1) is 35.0. The van der Waals surface area contributed by atoms with Gasteiger partial charge in [0.2, 0.25) is 0 Å². The second-order valence-corrected chi connectivity index (χ2v) is 22.0. The predicted octanol–water partition coefficient (Wildman–Crippen LogP) is 21.7. The molecule has 0 amide bonds. The molecule has 1 atom stereocenters. The van der Waals surface area contributed by atoms with E-state index in [2.05, 4.69) is 32.9 Å². The number of carbonyl (C=O) groups is 3. The van der Waals surface area contributed by atoms with Crippen LogP contribution in [0.1, 0.15) is 367 Å². The third-order valence-electron chi connectivity index (χ3n) is 14.8. The Morgan fingerprint density at radius 1 is 0.268 bits per heavy atom. The van der Waals surface area contributed by atoms with E-state index in [0.29, 0.717) is 19.3 Å². The second-order valence-electron chi connectivity index (χ2n) is 22.0. The van der Waals surface area contributed by atoms with Crippen LogP contribution < -0.4 is 0 Å². The maximum atomic E-state index is 12.8. The van der Waals surface area contributed by atoms with Gasteiger partial charge in [0.25, 0.3) is 0 Å². The van der Waals surface area contributed by atoms with Crippen LogP contribution in [0.3, 0.4) is 0 Å². The van der Waals surface area contributed by atoms with Crippen molar-refractivity contribution in [2.45, 2.75) is 374 Å². The topological polar surface area (TPSA) is 78.9 Å². The lowest BCUT2D eigenvalue weighted by Gasteiger charge is -2.18. The number of esters is 3. The average Bonchev–Trinajstić information content (AvgIpc) is 3.37. The summed E-state index contributed by atoms with van der Waals surface area (Å²) in [4.78, 5) is 38.1. The zero-order chi connectivity index (χ0) is 51.4. The molecule has 0 aliphatic carbocycles. The van der Waals surface area contributed by atoms with E-state index in [1.807, 2.05) is 0 Å². The van der Waals surface area contributed by atoms with Crippen molar-refractivity contribution in [3.63, 3.8) is 0 Å². The van der Waals surface area contributed by atoms with Gasteiger partial charge in [-0.3, -0.25) is 14.4 Å². The molecule has 0 aliphatic heterocycles. The lowest BCUT2D eigenvalue weighted by atomic mass is 10.0. The van der Waals surface area contributed by atoms with Crippen LogP contribution in [0.5, 0.6) is 0 Å². The molecule has 0 spiro atoms. The van der Waals surface area contributed by atoms with Crippen molar-refractivity contribution in [1.29, 1.82) is 0 Å². The number of carbonyl (C=O) groups excluding carboxylic acids is 3. The molecule has 0 N–H and O–H groups in total. The Morgan fingerprint density at radius 3 is 0.761 bits per heavy atom. The number of allylic oxidation sites excluding steroid dienone is 2. The Balaban J connectivity index is 4.05. The Labute approximate surface area is 443 Å². The summed E-state index contributed by atoms with van der Waals surface area (Å²) < 4.78 is 16.9. The van der Waals surface area contributed by atoms with Crippen molar-refractivity contribution in [2.24, 2.45) is 0 Å². The van der Waals surface area contributed by atoms with Gasteiger partial charge in [-0.25, -0.2) is 0 Å². The number of ether oxygens (including phenoxy) is 3. The summed E-state index contributed by atoms with van der Waals surface area (Å²) in [5.41, 5.74) is 0. The van der Waals surface area contributed by atoms with Crippen molar-refractivity contribution >= 4 is 17.9 Å². The highest BCUT2D eigenvalue weighted by Gasteiger charge is 2.19. The predicted molar refractivity (Wildman–Crippen MR) is 307 cm³/mol. The summed E-state index contributed by atoms with van der Waals surface area (Å²) >= 11 is 0. The molecule has 0 aromatic heterocycles. The van der Waals surface area contributed by atoms with E-state index in [1.165, 1.54) is 257 Å². The van der Waals surface area contributed by atoms with Crippen molar-refractivity contribution in [3.05, 3.63) is 12.2 Å². The van der Waals surface area contributed by atoms with Crippen molar-refractivity contribution in [1.82, 2.24) is 0 Å². The molecule has 0 saturated carbocycles. The molecule has 420 valence electrons. The fourth-order valence-electron chi connectivity index (χ4n) is 9.92. The van der Waals surface area contributed by atoms with Crippen LogP contribution in [-0.2, 0) is 28.6 Å². The molecule has 0 bridgehead atoms. The van der Waals surface area contributed by atoms with Gasteiger partial charge in [-0.2, -0.15) is 0 Å². The van der Waals surface area contributed by atoms with Gasteiger partial charge in [-0.1, -0.05) is 322 Å². The van der Waals surface area contributed by atoms with Gasteiger partial charge in [0.05, 0.1) is 0 Å². The number of hydrogen-bond donors (Lipinski definition) is 0. The van der Waals surface area contributed by atoms with Crippen molar-refractivity contribution in [3.8, 4) is 0 Å². The summed E-state index contributed by atoms with van der Waals surface area (Å²) in [6.07, 6.45) is 71.1. The van der Waals surface area contributed by atoms with E-state index in [9.17, 15) is 14.4 Å². The molecule has 0 radical (unpaired) electrons. The molecule has 1 unspecified atom stereocenters. The quantitative estimate of drug-likeness (QED) is 0.0261. The molecule has 6 heteroatoms. The normalized spacial score (nSPS) is 12.0. The van der Waals surface area contributed by atoms with Crippen molar-refractivity contribution in [2.75, 3.05) is 13.2 Å². The molecule has 71 heavy (non-hydrogen) atoms. The summed E-state index contributed by atoms with van der Waals surface area (Å²) in [5.74, 6) is -0.852. The van der Waals surface area contributed by atoms with Gasteiger partial charge in [-0.15, -0.1) is 0 Å². The average molecular weight is 1000 g/mol. The fourth-order valence-corrected chi connectivity index (χ4v) is 9.92. The number of unbranched alkanes of at least 4 members (excludes halogenated alkanes) is 47. The minimum Gasteiger partial charge on any atom is -0.462 e. The lowest BCUT2D eigenvalue weighted by molar-refractivity contribution is -0.167. The minimum atomic E-state index is -0.767. The zero-order valence-electron chi connectivity index (χ0n) is 48.3. The first-order valence-electron chi connectivity index (χ1n) is 32.2. The number of rotatable bonds is 60. The summed E-state index contributed by atoms with van der Waals surface area (Å²) in [6, 6.07) is 0. The Bertz CT molecular complexity index is 1100. The van der Waals surface area contributed by atoms with Crippen LogP contribution in [0.2, 0.25) is 0 Å². The summed E-state index contributed by atoms with van der Waals surface area (Å²) in [5, 5.41) is 0. The maximum Gasteiger partial charge on any atom is 0.306 e. The molecule has 0 aromatic rings. The Kier molecular flexibility index (Phi) is 59.1. The first kappa shape index (κ1) is 69.2. The van der Waals surface area contributed by atoms with Crippen LogP contribution in [0.25, 0.3) is 0 Å². The summed E-state index contributed by atoms with van der Waals surface area (Å²) in [7, 11) is 0. The molecular formula is C65H124O6. The van der Waals surface area contributed by atoms with Gasteiger partial charge < -0.3 is 14.2 Å².